The molecule has 1 saturated heterocycles. The van der Waals surface area contributed by atoms with E-state index in [1.54, 1.807) is 48.2 Å². The molecular formula is C29H27Cl2FN2O2. The standard InChI is InChI=1S/C29H27Cl2FN2O2/c1-3-4-24(17-33)34-27(20-7-11-22(30)12-8-20)28(21-9-13-23(31)14-10-21)36-26(29(34)35)16-19-6-5-18(2)25(32)15-19/h5-15,24,26-28H,3-4,16H2,1-2H3. The summed E-state index contributed by atoms with van der Waals surface area (Å²) in [5.41, 5.74) is 2.82. The van der Waals surface area contributed by atoms with E-state index < -0.39 is 24.3 Å². The van der Waals surface area contributed by atoms with Gasteiger partial charge in [-0.1, -0.05) is 72.9 Å². The Bertz CT molecular complexity index is 1260. The minimum atomic E-state index is -0.885. The third kappa shape index (κ3) is 5.57. The zero-order valence-corrected chi connectivity index (χ0v) is 21.6. The lowest BCUT2D eigenvalue weighted by Crippen LogP contribution is -2.55. The van der Waals surface area contributed by atoms with E-state index in [9.17, 15) is 14.4 Å². The van der Waals surface area contributed by atoms with Crippen molar-refractivity contribution < 1.29 is 13.9 Å². The monoisotopic (exact) mass is 524 g/mol. The fourth-order valence-corrected chi connectivity index (χ4v) is 4.92. The molecule has 0 radical (unpaired) electrons. The predicted molar refractivity (Wildman–Crippen MR) is 139 cm³/mol. The van der Waals surface area contributed by atoms with Crippen molar-refractivity contribution in [3.63, 3.8) is 0 Å². The Kier molecular flexibility index (Phi) is 8.31. The Morgan fingerprint density at radius 2 is 1.64 bits per heavy atom. The highest BCUT2D eigenvalue weighted by Gasteiger charge is 2.46. The minimum absolute atomic E-state index is 0.189. The second kappa shape index (κ2) is 11.4. The molecule has 4 unspecified atom stereocenters. The fourth-order valence-electron chi connectivity index (χ4n) is 4.67. The Balaban J connectivity index is 1.82. The summed E-state index contributed by atoms with van der Waals surface area (Å²) in [5.74, 6) is -0.622. The van der Waals surface area contributed by atoms with Gasteiger partial charge >= 0.3 is 0 Å². The van der Waals surface area contributed by atoms with Gasteiger partial charge in [0.25, 0.3) is 5.91 Å². The number of benzene rings is 3. The lowest BCUT2D eigenvalue weighted by molar-refractivity contribution is -0.177. The van der Waals surface area contributed by atoms with Gasteiger partial charge in [-0.05, 0) is 65.9 Å². The fraction of sp³-hybridized carbons (Fsp3) is 0.310. The molecule has 1 fully saturated rings. The molecule has 4 atom stereocenters. The van der Waals surface area contributed by atoms with Crippen LogP contribution in [0.25, 0.3) is 0 Å². The van der Waals surface area contributed by atoms with Gasteiger partial charge in [0.05, 0.1) is 12.1 Å². The number of carbonyl (C=O) groups excluding carboxylic acids is 1. The first-order valence-corrected chi connectivity index (χ1v) is 12.7. The maximum atomic E-state index is 14.3. The van der Waals surface area contributed by atoms with Crippen LogP contribution in [0.3, 0.4) is 0 Å². The molecule has 0 aromatic heterocycles. The molecule has 3 aromatic rings. The number of ether oxygens (including phenoxy) is 1. The number of hydrogen-bond donors (Lipinski definition) is 0. The highest BCUT2D eigenvalue weighted by Crippen LogP contribution is 2.44. The van der Waals surface area contributed by atoms with Crippen molar-refractivity contribution in [3.8, 4) is 6.07 Å². The number of hydrogen-bond acceptors (Lipinski definition) is 3. The van der Waals surface area contributed by atoms with E-state index in [4.69, 9.17) is 27.9 Å². The summed E-state index contributed by atoms with van der Waals surface area (Å²) in [7, 11) is 0. The second-order valence-corrected chi connectivity index (χ2v) is 9.93. The SMILES string of the molecule is CCCC(C#N)N1C(=O)C(Cc2ccc(C)c(F)c2)OC(c2ccc(Cl)cc2)C1c1ccc(Cl)cc1. The van der Waals surface area contributed by atoms with Gasteiger partial charge < -0.3 is 9.64 Å². The molecule has 4 rings (SSSR count). The van der Waals surface area contributed by atoms with Gasteiger partial charge in [0.1, 0.15) is 24.1 Å². The molecule has 0 aliphatic carbocycles. The van der Waals surface area contributed by atoms with Crippen LogP contribution in [0, 0.1) is 24.1 Å². The summed E-state index contributed by atoms with van der Waals surface area (Å²) in [4.78, 5) is 15.6. The van der Waals surface area contributed by atoms with Crippen LogP contribution in [0.5, 0.6) is 0 Å². The van der Waals surface area contributed by atoms with Gasteiger partial charge in [0.15, 0.2) is 0 Å². The van der Waals surface area contributed by atoms with Crippen LogP contribution < -0.4 is 0 Å². The molecule has 4 nitrogen and oxygen atoms in total. The molecule has 7 heteroatoms. The van der Waals surface area contributed by atoms with Crippen molar-refractivity contribution >= 4 is 29.1 Å². The van der Waals surface area contributed by atoms with Gasteiger partial charge in [-0.25, -0.2) is 4.39 Å². The Labute approximate surface area is 221 Å². The molecule has 0 N–H and O–H groups in total. The minimum Gasteiger partial charge on any atom is -0.358 e. The van der Waals surface area contributed by atoms with Crippen LogP contribution in [0.4, 0.5) is 4.39 Å². The molecule has 186 valence electrons. The number of carbonyl (C=O) groups is 1. The van der Waals surface area contributed by atoms with Crippen molar-refractivity contribution in [2.45, 2.75) is 57.4 Å². The van der Waals surface area contributed by atoms with E-state index in [2.05, 4.69) is 6.07 Å². The van der Waals surface area contributed by atoms with E-state index in [0.717, 1.165) is 17.5 Å². The molecule has 1 aliphatic rings. The van der Waals surface area contributed by atoms with E-state index in [-0.39, 0.29) is 18.1 Å². The summed E-state index contributed by atoms with van der Waals surface area (Å²) < 4.78 is 20.8. The van der Waals surface area contributed by atoms with Crippen molar-refractivity contribution in [1.82, 2.24) is 4.90 Å². The van der Waals surface area contributed by atoms with Crippen LogP contribution in [0.2, 0.25) is 10.0 Å². The van der Waals surface area contributed by atoms with Crippen LogP contribution in [-0.4, -0.2) is 23.0 Å². The van der Waals surface area contributed by atoms with Crippen molar-refractivity contribution in [3.05, 3.63) is 105 Å². The molecule has 0 saturated carbocycles. The van der Waals surface area contributed by atoms with Gasteiger partial charge in [-0.2, -0.15) is 5.26 Å². The van der Waals surface area contributed by atoms with Crippen LogP contribution in [0.15, 0.2) is 66.7 Å². The van der Waals surface area contributed by atoms with Crippen molar-refractivity contribution in [2.24, 2.45) is 0 Å². The number of nitriles is 1. The summed E-state index contributed by atoms with van der Waals surface area (Å²) in [6.45, 7) is 3.68. The zero-order chi connectivity index (χ0) is 25.8. The number of aryl methyl sites for hydroxylation is 1. The topological polar surface area (TPSA) is 53.3 Å². The van der Waals surface area contributed by atoms with Crippen LogP contribution in [0.1, 0.15) is 54.2 Å². The predicted octanol–water partition coefficient (Wildman–Crippen LogP) is 7.39. The number of nitrogens with zero attached hydrogens (tertiary/aromatic N) is 2. The third-order valence-corrected chi connectivity index (χ3v) is 7.05. The van der Waals surface area contributed by atoms with Gasteiger partial charge in [-0.3, -0.25) is 4.79 Å². The molecule has 0 bridgehead atoms. The Morgan fingerprint density at radius 3 is 2.19 bits per heavy atom. The van der Waals surface area contributed by atoms with Crippen LogP contribution in [-0.2, 0) is 16.0 Å². The van der Waals surface area contributed by atoms with E-state index in [1.807, 2.05) is 31.2 Å². The lowest BCUT2D eigenvalue weighted by Gasteiger charge is -2.46. The third-order valence-electron chi connectivity index (χ3n) is 6.54. The maximum absolute atomic E-state index is 14.3. The second-order valence-electron chi connectivity index (χ2n) is 9.06. The largest absolute Gasteiger partial charge is 0.358 e. The van der Waals surface area contributed by atoms with Crippen molar-refractivity contribution in [2.75, 3.05) is 0 Å². The highest BCUT2D eigenvalue weighted by molar-refractivity contribution is 6.30. The normalized spacial score (nSPS) is 20.7. The molecule has 1 heterocycles. The lowest BCUT2D eigenvalue weighted by atomic mass is 9.89. The zero-order valence-electron chi connectivity index (χ0n) is 20.1. The Hall–Kier alpha value is -2.91. The van der Waals surface area contributed by atoms with Gasteiger partial charge in [0, 0.05) is 16.5 Å². The van der Waals surface area contributed by atoms with E-state index >= 15 is 0 Å². The average Bonchev–Trinajstić information content (AvgIpc) is 2.87. The first kappa shape index (κ1) is 26.2. The smallest absolute Gasteiger partial charge is 0.253 e. The summed E-state index contributed by atoms with van der Waals surface area (Å²) in [6, 6.07) is 20.6. The summed E-state index contributed by atoms with van der Waals surface area (Å²) in [5, 5.41) is 11.3. The maximum Gasteiger partial charge on any atom is 0.253 e. The van der Waals surface area contributed by atoms with Gasteiger partial charge in [-0.15, -0.1) is 0 Å². The number of rotatable bonds is 7. The summed E-state index contributed by atoms with van der Waals surface area (Å²) >= 11 is 12.3. The first-order chi connectivity index (χ1) is 17.3. The molecule has 1 aliphatic heterocycles. The molecule has 36 heavy (non-hydrogen) atoms. The molecule has 3 aromatic carbocycles. The summed E-state index contributed by atoms with van der Waals surface area (Å²) in [6.07, 6.45) is -0.0201. The van der Waals surface area contributed by atoms with Gasteiger partial charge in [0.2, 0.25) is 0 Å². The molecule has 0 spiro atoms. The van der Waals surface area contributed by atoms with Crippen molar-refractivity contribution in [1.29, 1.82) is 5.26 Å². The average molecular weight is 525 g/mol. The quantitative estimate of drug-likeness (QED) is 0.323. The highest BCUT2D eigenvalue weighted by atomic mass is 35.5. The Morgan fingerprint density at radius 1 is 1.03 bits per heavy atom. The number of amides is 1. The van der Waals surface area contributed by atoms with Crippen LogP contribution >= 0.6 is 23.2 Å². The molecular weight excluding hydrogens is 498 g/mol. The van der Waals surface area contributed by atoms with E-state index in [0.29, 0.717) is 27.6 Å². The van der Waals surface area contributed by atoms with E-state index in [1.165, 1.54) is 6.07 Å². The molecule has 1 amide bonds. The first-order valence-electron chi connectivity index (χ1n) is 12.0. The number of halogens is 3. The number of morpholine rings is 1.